The SMILES string of the molecule is Fc1ccc(CN2CCc3nc(C(F)(F)F)ncc3C2)cc1F. The molecule has 1 aliphatic rings. The average Bonchev–Trinajstić information content (AvgIpc) is 2.49. The van der Waals surface area contributed by atoms with Gasteiger partial charge in [0.1, 0.15) is 0 Å². The molecule has 0 N–H and O–H groups in total. The van der Waals surface area contributed by atoms with E-state index in [9.17, 15) is 22.0 Å². The number of aromatic nitrogens is 2. The van der Waals surface area contributed by atoms with Gasteiger partial charge in [0.2, 0.25) is 5.82 Å². The Balaban J connectivity index is 1.74. The molecule has 2 heterocycles. The minimum absolute atomic E-state index is 0.352. The maximum absolute atomic E-state index is 13.2. The van der Waals surface area contributed by atoms with E-state index in [1.165, 1.54) is 12.3 Å². The van der Waals surface area contributed by atoms with Gasteiger partial charge >= 0.3 is 6.18 Å². The van der Waals surface area contributed by atoms with Gasteiger partial charge in [-0.25, -0.2) is 18.7 Å². The molecule has 1 aliphatic heterocycles. The van der Waals surface area contributed by atoms with E-state index < -0.39 is 23.6 Å². The first-order chi connectivity index (χ1) is 10.8. The molecule has 122 valence electrons. The van der Waals surface area contributed by atoms with E-state index in [0.29, 0.717) is 42.9 Å². The number of alkyl halides is 3. The maximum Gasteiger partial charge on any atom is 0.451 e. The lowest BCUT2D eigenvalue weighted by atomic mass is 10.1. The number of fused-ring (bicyclic) bond motifs is 1. The molecule has 0 unspecified atom stereocenters. The molecular weight excluding hydrogens is 317 g/mol. The molecule has 23 heavy (non-hydrogen) atoms. The largest absolute Gasteiger partial charge is 0.451 e. The molecule has 0 bridgehead atoms. The Labute approximate surface area is 128 Å². The summed E-state index contributed by atoms with van der Waals surface area (Å²) in [4.78, 5) is 8.86. The van der Waals surface area contributed by atoms with Gasteiger partial charge in [-0.1, -0.05) is 6.07 Å². The standard InChI is InChI=1S/C15H12F5N3/c16-11-2-1-9(5-12(11)17)7-23-4-3-13-10(8-23)6-21-14(22-13)15(18,19)20/h1-2,5-6H,3-4,7-8H2. The van der Waals surface area contributed by atoms with E-state index >= 15 is 0 Å². The number of halogens is 5. The molecule has 0 saturated carbocycles. The molecule has 0 atom stereocenters. The maximum atomic E-state index is 13.2. The van der Waals surface area contributed by atoms with E-state index in [1.807, 2.05) is 4.90 Å². The van der Waals surface area contributed by atoms with Crippen molar-refractivity contribution in [3.63, 3.8) is 0 Å². The third kappa shape index (κ3) is 3.47. The van der Waals surface area contributed by atoms with Crippen molar-refractivity contribution in [2.45, 2.75) is 25.7 Å². The van der Waals surface area contributed by atoms with Crippen LogP contribution in [-0.4, -0.2) is 21.4 Å². The molecule has 0 spiro atoms. The van der Waals surface area contributed by atoms with Gasteiger partial charge in [-0.15, -0.1) is 0 Å². The van der Waals surface area contributed by atoms with Crippen LogP contribution in [0.25, 0.3) is 0 Å². The zero-order valence-corrected chi connectivity index (χ0v) is 11.9. The molecule has 1 aromatic carbocycles. The highest BCUT2D eigenvalue weighted by molar-refractivity contribution is 5.23. The number of nitrogens with zero attached hydrogens (tertiary/aromatic N) is 3. The van der Waals surface area contributed by atoms with Gasteiger partial charge in [0, 0.05) is 37.8 Å². The average molecular weight is 329 g/mol. The van der Waals surface area contributed by atoms with Crippen LogP contribution in [0, 0.1) is 11.6 Å². The molecule has 0 fully saturated rings. The van der Waals surface area contributed by atoms with Gasteiger partial charge in [-0.05, 0) is 17.7 Å². The first kappa shape index (κ1) is 15.8. The van der Waals surface area contributed by atoms with E-state index in [-0.39, 0.29) is 0 Å². The fraction of sp³-hybridized carbons (Fsp3) is 0.333. The lowest BCUT2D eigenvalue weighted by Crippen LogP contribution is -2.31. The Morgan fingerprint density at radius 3 is 2.61 bits per heavy atom. The molecule has 0 saturated heterocycles. The molecule has 8 heteroatoms. The topological polar surface area (TPSA) is 29.0 Å². The predicted molar refractivity (Wildman–Crippen MR) is 71.2 cm³/mol. The minimum atomic E-state index is -4.56. The highest BCUT2D eigenvalue weighted by Crippen LogP contribution is 2.28. The number of hydrogen-bond acceptors (Lipinski definition) is 3. The van der Waals surface area contributed by atoms with E-state index in [1.54, 1.807) is 0 Å². The van der Waals surface area contributed by atoms with Gasteiger partial charge < -0.3 is 0 Å². The summed E-state index contributed by atoms with van der Waals surface area (Å²) in [6.07, 6.45) is -3.02. The zero-order chi connectivity index (χ0) is 16.6. The summed E-state index contributed by atoms with van der Waals surface area (Å²) in [5, 5.41) is 0. The summed E-state index contributed by atoms with van der Waals surface area (Å²) in [5.41, 5.74) is 1.60. The third-order valence-electron chi connectivity index (χ3n) is 3.66. The Morgan fingerprint density at radius 2 is 1.91 bits per heavy atom. The summed E-state index contributed by atoms with van der Waals surface area (Å²) in [6.45, 7) is 1.23. The monoisotopic (exact) mass is 329 g/mol. The second kappa shape index (κ2) is 5.84. The van der Waals surface area contributed by atoms with Gasteiger partial charge in [0.15, 0.2) is 11.6 Å². The van der Waals surface area contributed by atoms with E-state index in [2.05, 4.69) is 9.97 Å². The van der Waals surface area contributed by atoms with Gasteiger partial charge in [0.25, 0.3) is 0 Å². The Hall–Kier alpha value is -2.09. The van der Waals surface area contributed by atoms with E-state index in [4.69, 9.17) is 0 Å². The summed E-state index contributed by atoms with van der Waals surface area (Å²) >= 11 is 0. The van der Waals surface area contributed by atoms with Crippen molar-refractivity contribution in [3.8, 4) is 0 Å². The van der Waals surface area contributed by atoms with Crippen LogP contribution in [-0.2, 0) is 25.7 Å². The Morgan fingerprint density at radius 1 is 1.13 bits per heavy atom. The van der Waals surface area contributed by atoms with Crippen LogP contribution in [0.4, 0.5) is 22.0 Å². The van der Waals surface area contributed by atoms with Gasteiger partial charge in [-0.3, -0.25) is 4.90 Å². The van der Waals surface area contributed by atoms with Crippen molar-refractivity contribution in [2.75, 3.05) is 6.54 Å². The third-order valence-corrected chi connectivity index (χ3v) is 3.66. The van der Waals surface area contributed by atoms with Crippen molar-refractivity contribution >= 4 is 0 Å². The predicted octanol–water partition coefficient (Wildman–Crippen LogP) is 3.33. The minimum Gasteiger partial charge on any atom is -0.294 e. The van der Waals surface area contributed by atoms with Crippen LogP contribution in [0.3, 0.4) is 0 Å². The first-order valence-corrected chi connectivity index (χ1v) is 6.91. The second-order valence-corrected chi connectivity index (χ2v) is 5.37. The van der Waals surface area contributed by atoms with Crippen molar-refractivity contribution in [3.05, 3.63) is 58.7 Å². The number of rotatable bonds is 2. The van der Waals surface area contributed by atoms with Crippen LogP contribution in [0.1, 0.15) is 22.6 Å². The highest BCUT2D eigenvalue weighted by Gasteiger charge is 2.35. The normalized spacial score (nSPS) is 15.5. The van der Waals surface area contributed by atoms with E-state index in [0.717, 1.165) is 12.1 Å². The van der Waals surface area contributed by atoms with Crippen molar-refractivity contribution < 1.29 is 22.0 Å². The van der Waals surface area contributed by atoms with Gasteiger partial charge in [-0.2, -0.15) is 13.2 Å². The lowest BCUT2D eigenvalue weighted by Gasteiger charge is -2.28. The van der Waals surface area contributed by atoms with Crippen LogP contribution in [0.15, 0.2) is 24.4 Å². The summed E-state index contributed by atoms with van der Waals surface area (Å²) in [7, 11) is 0. The molecule has 3 rings (SSSR count). The zero-order valence-electron chi connectivity index (χ0n) is 11.9. The highest BCUT2D eigenvalue weighted by atomic mass is 19.4. The Bertz CT molecular complexity index is 730. The van der Waals surface area contributed by atoms with Gasteiger partial charge in [0.05, 0.1) is 5.69 Å². The Kier molecular flexibility index (Phi) is 4.01. The quantitative estimate of drug-likeness (QED) is 0.792. The molecule has 0 radical (unpaired) electrons. The molecule has 2 aromatic rings. The second-order valence-electron chi connectivity index (χ2n) is 5.37. The molecular formula is C15H12F5N3. The number of hydrogen-bond donors (Lipinski definition) is 0. The molecule has 1 aromatic heterocycles. The first-order valence-electron chi connectivity index (χ1n) is 6.91. The summed E-state index contributed by atoms with van der Waals surface area (Å²) < 4.78 is 63.9. The molecule has 0 aliphatic carbocycles. The summed E-state index contributed by atoms with van der Waals surface area (Å²) in [6, 6.07) is 3.66. The summed E-state index contributed by atoms with van der Waals surface area (Å²) in [5.74, 6) is -2.96. The van der Waals surface area contributed by atoms with Crippen LogP contribution >= 0.6 is 0 Å². The van der Waals surface area contributed by atoms with Crippen molar-refractivity contribution in [2.24, 2.45) is 0 Å². The molecule has 0 amide bonds. The number of benzene rings is 1. The van der Waals surface area contributed by atoms with Crippen molar-refractivity contribution in [1.29, 1.82) is 0 Å². The van der Waals surface area contributed by atoms with Crippen LogP contribution < -0.4 is 0 Å². The fourth-order valence-electron chi connectivity index (χ4n) is 2.54. The lowest BCUT2D eigenvalue weighted by molar-refractivity contribution is -0.145. The van der Waals surface area contributed by atoms with Crippen molar-refractivity contribution in [1.82, 2.24) is 14.9 Å². The molecule has 3 nitrogen and oxygen atoms in total. The smallest absolute Gasteiger partial charge is 0.294 e. The van der Waals surface area contributed by atoms with Crippen LogP contribution in [0.5, 0.6) is 0 Å². The van der Waals surface area contributed by atoms with Crippen LogP contribution in [0.2, 0.25) is 0 Å². The fourth-order valence-corrected chi connectivity index (χ4v) is 2.54.